The average Bonchev–Trinajstić information content (AvgIpc) is 2.52. The molecule has 0 aliphatic carbocycles. The maximum Gasteiger partial charge on any atom is 0.264 e. The largest absolute Gasteiger partial charge is 0.483 e. The molecule has 0 spiro atoms. The number of halogens is 3. The number of hydrogen-bond acceptors (Lipinski definition) is 3. The zero-order valence-electron chi connectivity index (χ0n) is 13.2. The van der Waals surface area contributed by atoms with Crippen LogP contribution in [-0.4, -0.2) is 17.6 Å². The van der Waals surface area contributed by atoms with Crippen molar-refractivity contribution in [3.05, 3.63) is 56.5 Å². The van der Waals surface area contributed by atoms with E-state index in [2.05, 4.69) is 33.5 Å². The van der Waals surface area contributed by atoms with Crippen LogP contribution in [0.1, 0.15) is 12.5 Å². The number of rotatable bonds is 5. The van der Waals surface area contributed by atoms with E-state index in [0.29, 0.717) is 21.5 Å². The fraction of sp³-hybridized carbons (Fsp3) is 0.176. The molecule has 0 aromatic heterocycles. The summed E-state index contributed by atoms with van der Waals surface area (Å²) in [5, 5.41) is 6.44. The second-order valence-corrected chi connectivity index (χ2v) is 7.20. The van der Waals surface area contributed by atoms with Gasteiger partial charge in [0.05, 0.1) is 4.47 Å². The first kappa shape index (κ1) is 20.0. The van der Waals surface area contributed by atoms with Crippen LogP contribution in [0.25, 0.3) is 0 Å². The molecule has 0 radical (unpaired) electrons. The molecule has 4 nitrogen and oxygen atoms in total. The summed E-state index contributed by atoms with van der Waals surface area (Å²) in [6, 6.07) is 10.6. The van der Waals surface area contributed by atoms with Gasteiger partial charge >= 0.3 is 0 Å². The van der Waals surface area contributed by atoms with Gasteiger partial charge in [-0.25, -0.2) is 0 Å². The van der Waals surface area contributed by atoms with E-state index >= 15 is 0 Å². The molecule has 2 rings (SSSR count). The minimum atomic E-state index is -0.378. The van der Waals surface area contributed by atoms with Gasteiger partial charge in [0.15, 0.2) is 11.7 Å². The summed E-state index contributed by atoms with van der Waals surface area (Å²) < 4.78 is 6.30. The standard InChI is InChI=1S/C17H15BrCl2N2O2S/c1-2-10-3-4-15(14(18)5-10)24-9-16(23)22-17(25)21-13-7-11(19)6-12(20)8-13/h3-8H,2,9H2,1H3,(H2,21,22,23,25). The number of aryl methyl sites for hydroxylation is 1. The minimum Gasteiger partial charge on any atom is -0.483 e. The first-order valence-electron chi connectivity index (χ1n) is 7.35. The van der Waals surface area contributed by atoms with E-state index in [0.717, 1.165) is 10.9 Å². The summed E-state index contributed by atoms with van der Waals surface area (Å²) in [6.45, 7) is 1.90. The second kappa shape index (κ2) is 9.38. The van der Waals surface area contributed by atoms with Gasteiger partial charge in [-0.2, -0.15) is 0 Å². The van der Waals surface area contributed by atoms with Gasteiger partial charge < -0.3 is 10.1 Å². The van der Waals surface area contributed by atoms with Crippen LogP contribution in [0.4, 0.5) is 5.69 Å². The summed E-state index contributed by atoms with van der Waals surface area (Å²) in [5.41, 5.74) is 1.76. The fourth-order valence-electron chi connectivity index (χ4n) is 1.98. The molecule has 0 heterocycles. The van der Waals surface area contributed by atoms with E-state index in [1.807, 2.05) is 18.2 Å². The first-order valence-corrected chi connectivity index (χ1v) is 9.31. The Kier molecular flexibility index (Phi) is 7.50. The summed E-state index contributed by atoms with van der Waals surface area (Å²) in [7, 11) is 0. The zero-order chi connectivity index (χ0) is 18.4. The van der Waals surface area contributed by atoms with Crippen molar-refractivity contribution in [1.29, 1.82) is 0 Å². The third-order valence-electron chi connectivity index (χ3n) is 3.14. The minimum absolute atomic E-state index is 0.132. The molecule has 0 saturated heterocycles. The van der Waals surface area contributed by atoms with Crippen molar-refractivity contribution >= 4 is 68.1 Å². The summed E-state index contributed by atoms with van der Waals surface area (Å²) in [5.74, 6) is 0.213. The molecule has 1 amide bonds. The monoisotopic (exact) mass is 460 g/mol. The second-order valence-electron chi connectivity index (χ2n) is 5.07. The molecular formula is C17H15BrCl2N2O2S. The van der Waals surface area contributed by atoms with E-state index in [9.17, 15) is 4.79 Å². The highest BCUT2D eigenvalue weighted by Crippen LogP contribution is 2.26. The number of benzene rings is 2. The Balaban J connectivity index is 1.86. The van der Waals surface area contributed by atoms with Crippen molar-refractivity contribution in [3.8, 4) is 5.75 Å². The smallest absolute Gasteiger partial charge is 0.264 e. The topological polar surface area (TPSA) is 50.4 Å². The highest BCUT2D eigenvalue weighted by Gasteiger charge is 2.09. The van der Waals surface area contributed by atoms with Gasteiger partial charge in [-0.05, 0) is 70.5 Å². The fourth-order valence-corrected chi connectivity index (χ4v) is 3.27. The van der Waals surface area contributed by atoms with Crippen molar-refractivity contribution < 1.29 is 9.53 Å². The molecule has 0 bridgehead atoms. The van der Waals surface area contributed by atoms with E-state index in [1.54, 1.807) is 18.2 Å². The average molecular weight is 462 g/mol. The number of thiocarbonyl (C=S) groups is 1. The van der Waals surface area contributed by atoms with Gasteiger partial charge in [-0.15, -0.1) is 0 Å². The number of carbonyl (C=O) groups excluding carboxylic acids is 1. The third-order valence-corrected chi connectivity index (χ3v) is 4.40. The van der Waals surface area contributed by atoms with Crippen molar-refractivity contribution in [2.75, 3.05) is 11.9 Å². The maximum absolute atomic E-state index is 12.0. The Labute approximate surface area is 170 Å². The van der Waals surface area contributed by atoms with Gasteiger partial charge in [0.1, 0.15) is 5.75 Å². The number of hydrogen-bond donors (Lipinski definition) is 2. The molecule has 0 unspecified atom stereocenters. The highest BCUT2D eigenvalue weighted by atomic mass is 79.9. The van der Waals surface area contributed by atoms with E-state index in [1.165, 1.54) is 5.56 Å². The van der Waals surface area contributed by atoms with Crippen LogP contribution < -0.4 is 15.4 Å². The van der Waals surface area contributed by atoms with E-state index in [4.69, 9.17) is 40.2 Å². The predicted octanol–water partition coefficient (Wildman–Crippen LogP) is 5.21. The molecule has 132 valence electrons. The number of anilines is 1. The molecule has 2 aromatic rings. The SMILES string of the molecule is CCc1ccc(OCC(=O)NC(=S)Nc2cc(Cl)cc(Cl)c2)c(Br)c1. The maximum atomic E-state index is 12.0. The van der Waals surface area contributed by atoms with E-state index in [-0.39, 0.29) is 17.6 Å². The summed E-state index contributed by atoms with van der Waals surface area (Å²) in [4.78, 5) is 12.0. The van der Waals surface area contributed by atoms with Crippen LogP contribution >= 0.6 is 51.3 Å². The summed E-state index contributed by atoms with van der Waals surface area (Å²) in [6.07, 6.45) is 0.923. The van der Waals surface area contributed by atoms with Crippen LogP contribution in [-0.2, 0) is 11.2 Å². The van der Waals surface area contributed by atoms with Gasteiger partial charge in [0.25, 0.3) is 5.91 Å². The molecule has 25 heavy (non-hydrogen) atoms. The molecule has 0 fully saturated rings. The van der Waals surface area contributed by atoms with Crippen molar-refractivity contribution in [2.24, 2.45) is 0 Å². The Morgan fingerprint density at radius 2 is 1.88 bits per heavy atom. The van der Waals surface area contributed by atoms with Gasteiger partial charge in [0, 0.05) is 15.7 Å². The lowest BCUT2D eigenvalue weighted by molar-refractivity contribution is -0.121. The molecule has 2 N–H and O–H groups in total. The van der Waals surface area contributed by atoms with Crippen LogP contribution in [0.3, 0.4) is 0 Å². The molecule has 0 aliphatic heterocycles. The number of amides is 1. The van der Waals surface area contributed by atoms with Crippen LogP contribution in [0.2, 0.25) is 10.0 Å². The van der Waals surface area contributed by atoms with Gasteiger partial charge in [-0.3, -0.25) is 10.1 Å². The molecule has 0 aliphatic rings. The lowest BCUT2D eigenvalue weighted by Gasteiger charge is -2.12. The predicted molar refractivity (Wildman–Crippen MR) is 110 cm³/mol. The Bertz CT molecular complexity index is 782. The van der Waals surface area contributed by atoms with Crippen molar-refractivity contribution in [1.82, 2.24) is 5.32 Å². The number of nitrogens with one attached hydrogen (secondary N) is 2. The van der Waals surface area contributed by atoms with Gasteiger partial charge in [0.2, 0.25) is 0 Å². The first-order chi connectivity index (χ1) is 11.9. The van der Waals surface area contributed by atoms with Gasteiger partial charge in [-0.1, -0.05) is 36.2 Å². The van der Waals surface area contributed by atoms with Crippen LogP contribution in [0.5, 0.6) is 5.75 Å². The molecular weight excluding hydrogens is 447 g/mol. The zero-order valence-corrected chi connectivity index (χ0v) is 17.2. The molecule has 0 saturated carbocycles. The molecule has 8 heteroatoms. The van der Waals surface area contributed by atoms with Crippen LogP contribution in [0, 0.1) is 0 Å². The lowest BCUT2D eigenvalue weighted by atomic mass is 10.2. The number of ether oxygens (including phenoxy) is 1. The third kappa shape index (κ3) is 6.47. The molecule has 0 atom stereocenters. The normalized spacial score (nSPS) is 10.2. The lowest BCUT2D eigenvalue weighted by Crippen LogP contribution is -2.37. The number of carbonyl (C=O) groups is 1. The molecule has 2 aromatic carbocycles. The highest BCUT2D eigenvalue weighted by molar-refractivity contribution is 9.10. The van der Waals surface area contributed by atoms with Crippen molar-refractivity contribution in [2.45, 2.75) is 13.3 Å². The van der Waals surface area contributed by atoms with Crippen molar-refractivity contribution in [3.63, 3.8) is 0 Å². The Morgan fingerprint density at radius 3 is 2.48 bits per heavy atom. The van der Waals surface area contributed by atoms with Crippen LogP contribution in [0.15, 0.2) is 40.9 Å². The quantitative estimate of drug-likeness (QED) is 0.600. The Morgan fingerprint density at radius 1 is 1.20 bits per heavy atom. The Hall–Kier alpha value is -1.34. The summed E-state index contributed by atoms with van der Waals surface area (Å²) >= 11 is 20.3. The van der Waals surface area contributed by atoms with E-state index < -0.39 is 0 Å².